The number of carbonyl (C=O) groups is 1. The smallest absolute Gasteiger partial charge is 0.317 e. The van der Waals surface area contributed by atoms with Crippen molar-refractivity contribution in [1.29, 1.82) is 0 Å². The Hall–Kier alpha value is -3.55. The Labute approximate surface area is 186 Å². The number of urea groups is 1. The van der Waals surface area contributed by atoms with Crippen LogP contribution in [0.25, 0.3) is 11.3 Å². The molecule has 2 amide bonds. The molecule has 2 aromatic carbocycles. The second-order valence-electron chi connectivity index (χ2n) is 7.74. The van der Waals surface area contributed by atoms with Crippen LogP contribution in [0, 0.1) is 12.7 Å². The van der Waals surface area contributed by atoms with Gasteiger partial charge in [-0.2, -0.15) is 0 Å². The van der Waals surface area contributed by atoms with Crippen molar-refractivity contribution in [2.45, 2.75) is 19.9 Å². The second-order valence-corrected chi connectivity index (χ2v) is 7.74. The van der Waals surface area contributed by atoms with Crippen molar-refractivity contribution < 1.29 is 18.3 Å². The number of methoxy groups -OCH3 is 1. The van der Waals surface area contributed by atoms with Crippen molar-refractivity contribution in [3.63, 3.8) is 0 Å². The van der Waals surface area contributed by atoms with Crippen LogP contribution in [-0.4, -0.2) is 49.2 Å². The van der Waals surface area contributed by atoms with E-state index in [2.05, 4.69) is 15.2 Å². The lowest BCUT2D eigenvalue weighted by atomic mass is 10.1. The van der Waals surface area contributed by atoms with E-state index in [1.165, 1.54) is 12.1 Å². The standard InChI is InChI=1S/C24H27FN4O3/c1-17-26-16-23(32-17)21-8-7-20(14-22(21)31-2)28-9-4-10-29(12-11-28)24(30)27-15-18-5-3-6-19(25)13-18/h3,5-8,13-14,16H,4,9-12,15H2,1-2H3,(H,27,30). The number of oxazole rings is 1. The van der Waals surface area contributed by atoms with Crippen molar-refractivity contribution in [2.24, 2.45) is 0 Å². The van der Waals surface area contributed by atoms with Crippen LogP contribution < -0.4 is 15.0 Å². The summed E-state index contributed by atoms with van der Waals surface area (Å²) < 4.78 is 24.6. The number of hydrogen-bond acceptors (Lipinski definition) is 5. The van der Waals surface area contributed by atoms with E-state index in [1.807, 2.05) is 30.0 Å². The molecule has 1 aliphatic heterocycles. The van der Waals surface area contributed by atoms with Gasteiger partial charge in [0.1, 0.15) is 11.6 Å². The Bertz CT molecular complexity index is 1080. The summed E-state index contributed by atoms with van der Waals surface area (Å²) in [7, 11) is 1.64. The van der Waals surface area contributed by atoms with Gasteiger partial charge in [0.25, 0.3) is 0 Å². The fraction of sp³-hybridized carbons (Fsp3) is 0.333. The molecule has 0 aliphatic carbocycles. The summed E-state index contributed by atoms with van der Waals surface area (Å²) in [5.74, 6) is 1.69. The zero-order valence-electron chi connectivity index (χ0n) is 18.3. The van der Waals surface area contributed by atoms with Crippen LogP contribution in [-0.2, 0) is 6.54 Å². The number of benzene rings is 2. The molecule has 0 unspecified atom stereocenters. The average Bonchev–Trinajstić information content (AvgIpc) is 3.08. The van der Waals surface area contributed by atoms with Gasteiger partial charge in [-0.1, -0.05) is 12.1 Å². The molecule has 3 aromatic rings. The molecule has 168 valence electrons. The molecule has 0 saturated carbocycles. The number of ether oxygens (including phenoxy) is 1. The molecule has 0 radical (unpaired) electrons. The van der Waals surface area contributed by atoms with Gasteiger partial charge in [-0.15, -0.1) is 0 Å². The first-order valence-electron chi connectivity index (χ1n) is 10.7. The SMILES string of the molecule is COc1cc(N2CCCN(C(=O)NCc3cccc(F)c3)CC2)ccc1-c1cnc(C)o1. The molecule has 1 N–H and O–H groups in total. The Balaban J connectivity index is 1.39. The molecule has 0 atom stereocenters. The van der Waals surface area contributed by atoms with E-state index in [1.54, 1.807) is 25.4 Å². The quantitative estimate of drug-likeness (QED) is 0.646. The van der Waals surface area contributed by atoms with Gasteiger partial charge in [0, 0.05) is 51.4 Å². The van der Waals surface area contributed by atoms with Crippen LogP contribution >= 0.6 is 0 Å². The Morgan fingerprint density at radius 2 is 2.06 bits per heavy atom. The molecule has 1 saturated heterocycles. The summed E-state index contributed by atoms with van der Waals surface area (Å²) in [6.45, 7) is 4.91. The predicted molar refractivity (Wildman–Crippen MR) is 120 cm³/mol. The summed E-state index contributed by atoms with van der Waals surface area (Å²) in [6, 6.07) is 12.1. The highest BCUT2D eigenvalue weighted by molar-refractivity contribution is 5.74. The Kier molecular flexibility index (Phi) is 6.58. The van der Waals surface area contributed by atoms with E-state index in [9.17, 15) is 9.18 Å². The topological polar surface area (TPSA) is 70.8 Å². The first-order chi connectivity index (χ1) is 15.5. The third-order valence-electron chi connectivity index (χ3n) is 5.55. The first-order valence-corrected chi connectivity index (χ1v) is 10.7. The van der Waals surface area contributed by atoms with Gasteiger partial charge in [0.05, 0.1) is 18.9 Å². The van der Waals surface area contributed by atoms with E-state index in [0.717, 1.165) is 29.8 Å². The van der Waals surface area contributed by atoms with E-state index in [-0.39, 0.29) is 11.8 Å². The van der Waals surface area contributed by atoms with Gasteiger partial charge in [-0.3, -0.25) is 0 Å². The summed E-state index contributed by atoms with van der Waals surface area (Å²) in [5.41, 5.74) is 2.62. The molecular formula is C24H27FN4O3. The summed E-state index contributed by atoms with van der Waals surface area (Å²) in [4.78, 5) is 20.8. The van der Waals surface area contributed by atoms with Crippen molar-refractivity contribution >= 4 is 11.7 Å². The van der Waals surface area contributed by atoms with E-state index in [0.29, 0.717) is 43.6 Å². The minimum absolute atomic E-state index is 0.135. The molecule has 8 heteroatoms. The number of aromatic nitrogens is 1. The lowest BCUT2D eigenvalue weighted by Gasteiger charge is -2.24. The predicted octanol–water partition coefficient (Wildman–Crippen LogP) is 4.22. The molecule has 0 spiro atoms. The highest BCUT2D eigenvalue weighted by Crippen LogP contribution is 2.34. The van der Waals surface area contributed by atoms with Crippen molar-refractivity contribution in [2.75, 3.05) is 38.2 Å². The van der Waals surface area contributed by atoms with Crippen LogP contribution in [0.2, 0.25) is 0 Å². The molecule has 0 bridgehead atoms. The van der Waals surface area contributed by atoms with E-state index < -0.39 is 0 Å². The number of hydrogen-bond donors (Lipinski definition) is 1. The van der Waals surface area contributed by atoms with Crippen LogP contribution in [0.3, 0.4) is 0 Å². The molecule has 2 heterocycles. The fourth-order valence-corrected chi connectivity index (χ4v) is 3.88. The fourth-order valence-electron chi connectivity index (χ4n) is 3.88. The zero-order valence-corrected chi connectivity index (χ0v) is 18.3. The molecule has 1 aromatic heterocycles. The maximum Gasteiger partial charge on any atom is 0.317 e. The normalized spacial score (nSPS) is 14.2. The number of aryl methyl sites for hydroxylation is 1. The number of anilines is 1. The van der Waals surface area contributed by atoms with Gasteiger partial charge in [-0.25, -0.2) is 14.2 Å². The second kappa shape index (κ2) is 9.72. The largest absolute Gasteiger partial charge is 0.496 e. The van der Waals surface area contributed by atoms with Crippen LogP contribution in [0.15, 0.2) is 53.1 Å². The number of nitrogens with one attached hydrogen (secondary N) is 1. The van der Waals surface area contributed by atoms with Crippen molar-refractivity contribution in [3.05, 3.63) is 65.9 Å². The van der Waals surface area contributed by atoms with E-state index >= 15 is 0 Å². The average molecular weight is 439 g/mol. The number of amides is 2. The van der Waals surface area contributed by atoms with Gasteiger partial charge in [-0.05, 0) is 36.2 Å². The molecule has 1 fully saturated rings. The number of halogens is 1. The first kappa shape index (κ1) is 21.7. The highest BCUT2D eigenvalue weighted by Gasteiger charge is 2.20. The van der Waals surface area contributed by atoms with Gasteiger partial charge < -0.3 is 24.3 Å². The molecule has 1 aliphatic rings. The number of carbonyl (C=O) groups excluding carboxylic acids is 1. The summed E-state index contributed by atoms with van der Waals surface area (Å²) in [6.07, 6.45) is 2.54. The summed E-state index contributed by atoms with van der Waals surface area (Å²) >= 11 is 0. The maximum absolute atomic E-state index is 13.3. The molecule has 32 heavy (non-hydrogen) atoms. The van der Waals surface area contributed by atoms with Crippen molar-refractivity contribution in [1.82, 2.24) is 15.2 Å². The van der Waals surface area contributed by atoms with E-state index in [4.69, 9.17) is 9.15 Å². The lowest BCUT2D eigenvalue weighted by molar-refractivity contribution is 0.201. The summed E-state index contributed by atoms with van der Waals surface area (Å²) in [5, 5.41) is 2.89. The molecule has 7 nitrogen and oxygen atoms in total. The van der Waals surface area contributed by atoms with Gasteiger partial charge in [0.15, 0.2) is 11.7 Å². The lowest BCUT2D eigenvalue weighted by Crippen LogP contribution is -2.41. The minimum Gasteiger partial charge on any atom is -0.496 e. The molecular weight excluding hydrogens is 411 g/mol. The Morgan fingerprint density at radius 1 is 1.19 bits per heavy atom. The van der Waals surface area contributed by atoms with Crippen LogP contribution in [0.4, 0.5) is 14.9 Å². The van der Waals surface area contributed by atoms with Crippen molar-refractivity contribution in [3.8, 4) is 17.1 Å². The molecule has 4 rings (SSSR count). The van der Waals surface area contributed by atoms with Crippen LogP contribution in [0.1, 0.15) is 17.9 Å². The number of rotatable bonds is 5. The monoisotopic (exact) mass is 438 g/mol. The third-order valence-corrected chi connectivity index (χ3v) is 5.55. The number of nitrogens with zero attached hydrogens (tertiary/aromatic N) is 3. The van der Waals surface area contributed by atoms with Gasteiger partial charge >= 0.3 is 6.03 Å². The Morgan fingerprint density at radius 3 is 2.81 bits per heavy atom. The zero-order chi connectivity index (χ0) is 22.5. The maximum atomic E-state index is 13.3. The highest BCUT2D eigenvalue weighted by atomic mass is 19.1. The third kappa shape index (κ3) is 5.01. The van der Waals surface area contributed by atoms with Gasteiger partial charge in [0.2, 0.25) is 0 Å². The van der Waals surface area contributed by atoms with Crippen LogP contribution in [0.5, 0.6) is 5.75 Å². The minimum atomic E-state index is -0.304.